The van der Waals surface area contributed by atoms with Gasteiger partial charge in [-0.05, 0) is 24.1 Å². The van der Waals surface area contributed by atoms with E-state index in [4.69, 9.17) is 19.3 Å². The molecule has 32 heavy (non-hydrogen) atoms. The fourth-order valence-electron chi connectivity index (χ4n) is 3.90. The van der Waals surface area contributed by atoms with Gasteiger partial charge in [-0.3, -0.25) is 4.68 Å². The largest absolute Gasteiger partial charge is 0.497 e. The Labute approximate surface area is 185 Å². The lowest BCUT2D eigenvalue weighted by Gasteiger charge is -2.08. The summed E-state index contributed by atoms with van der Waals surface area (Å²) in [6.07, 6.45) is 8.94. The van der Waals surface area contributed by atoms with Crippen molar-refractivity contribution in [3.05, 3.63) is 65.9 Å². The van der Waals surface area contributed by atoms with E-state index in [0.29, 0.717) is 25.8 Å². The second kappa shape index (κ2) is 8.80. The average Bonchev–Trinajstić information content (AvgIpc) is 3.36. The lowest BCUT2D eigenvalue weighted by molar-refractivity contribution is 0.146. The van der Waals surface area contributed by atoms with Gasteiger partial charge in [0.05, 0.1) is 64.0 Å². The van der Waals surface area contributed by atoms with Gasteiger partial charge >= 0.3 is 6.01 Å². The van der Waals surface area contributed by atoms with E-state index in [1.165, 1.54) is 5.56 Å². The van der Waals surface area contributed by atoms with Crippen molar-refractivity contribution in [1.82, 2.24) is 29.5 Å². The van der Waals surface area contributed by atoms with E-state index in [2.05, 4.69) is 15.1 Å². The summed E-state index contributed by atoms with van der Waals surface area (Å²) in [6, 6.07) is 8.33. The first kappa shape index (κ1) is 20.2. The zero-order valence-electron chi connectivity index (χ0n) is 18.1. The summed E-state index contributed by atoms with van der Waals surface area (Å²) < 4.78 is 19.9. The van der Waals surface area contributed by atoms with Crippen LogP contribution in [-0.4, -0.2) is 57.0 Å². The first-order valence-electron chi connectivity index (χ1n) is 10.5. The third kappa shape index (κ3) is 3.94. The predicted molar refractivity (Wildman–Crippen MR) is 117 cm³/mol. The molecule has 9 heteroatoms. The molecule has 4 aromatic rings. The molecular formula is C23H24N6O3. The molecule has 4 heterocycles. The van der Waals surface area contributed by atoms with Gasteiger partial charge in [0, 0.05) is 23.7 Å². The second-order valence-electron chi connectivity index (χ2n) is 7.50. The van der Waals surface area contributed by atoms with Gasteiger partial charge in [0.2, 0.25) is 0 Å². The van der Waals surface area contributed by atoms with E-state index < -0.39 is 0 Å². The summed E-state index contributed by atoms with van der Waals surface area (Å²) in [5.74, 6) is 0.838. The Bertz CT molecular complexity index is 1200. The predicted octanol–water partition coefficient (Wildman–Crippen LogP) is 2.71. The minimum Gasteiger partial charge on any atom is -0.497 e. The lowest BCUT2D eigenvalue weighted by atomic mass is 10.0. The molecule has 0 unspecified atom stereocenters. The second-order valence-corrected chi connectivity index (χ2v) is 7.50. The number of fused-ring (bicyclic) bond motifs is 1. The number of nitrogens with zero attached hydrogens (tertiary/aromatic N) is 6. The van der Waals surface area contributed by atoms with E-state index in [0.717, 1.165) is 46.8 Å². The minimum atomic E-state index is 0.324. The number of rotatable bonds is 6. The fraction of sp³-hybridized carbons (Fsp3) is 0.304. The number of ether oxygens (including phenoxy) is 3. The molecule has 1 aromatic carbocycles. The molecule has 0 bridgehead atoms. The molecule has 0 spiro atoms. The molecule has 1 aliphatic rings. The maximum absolute atomic E-state index is 5.68. The highest BCUT2D eigenvalue weighted by Crippen LogP contribution is 2.31. The molecule has 9 nitrogen and oxygen atoms in total. The Balaban J connectivity index is 1.52. The van der Waals surface area contributed by atoms with Crippen LogP contribution in [0.1, 0.15) is 16.8 Å². The fourth-order valence-corrected chi connectivity index (χ4v) is 3.90. The van der Waals surface area contributed by atoms with Crippen LogP contribution in [0.3, 0.4) is 0 Å². The van der Waals surface area contributed by atoms with Crippen LogP contribution in [0.5, 0.6) is 11.8 Å². The topological polar surface area (TPSA) is 89.1 Å². The molecule has 0 saturated carbocycles. The monoisotopic (exact) mass is 432 g/mol. The molecule has 0 atom stereocenters. The molecule has 164 valence electrons. The molecule has 5 rings (SSSR count). The Kier molecular flexibility index (Phi) is 5.55. The number of benzene rings is 1. The Morgan fingerprint density at radius 2 is 1.75 bits per heavy atom. The molecular weight excluding hydrogens is 408 g/mol. The number of hydrogen-bond acceptors (Lipinski definition) is 7. The van der Waals surface area contributed by atoms with Crippen LogP contribution >= 0.6 is 0 Å². The van der Waals surface area contributed by atoms with Gasteiger partial charge in [-0.1, -0.05) is 12.1 Å². The molecule has 0 radical (unpaired) electrons. The van der Waals surface area contributed by atoms with Crippen LogP contribution < -0.4 is 9.47 Å². The van der Waals surface area contributed by atoms with Gasteiger partial charge < -0.3 is 14.2 Å². The molecule has 0 amide bonds. The summed E-state index contributed by atoms with van der Waals surface area (Å²) in [4.78, 5) is 8.52. The zero-order valence-corrected chi connectivity index (χ0v) is 18.1. The Morgan fingerprint density at radius 1 is 0.969 bits per heavy atom. The molecule has 0 fully saturated rings. The SMILES string of the molecule is COc1ccc(Cn2cc(-c3c4c(nn3-c3cnc(OC)nc3)CCOCC4)cn2)cc1. The molecule has 0 N–H and O–H groups in total. The standard InChI is InChI=1S/C23H24N6O3/c1-30-19-5-3-16(4-6-19)14-28-15-17(11-26-28)22-20-7-9-32-10-8-21(20)27-29(22)18-12-24-23(31-2)25-13-18/h3-6,11-13,15H,7-10,14H2,1-2H3. The van der Waals surface area contributed by atoms with Gasteiger partial charge in [-0.15, -0.1) is 0 Å². The summed E-state index contributed by atoms with van der Waals surface area (Å²) >= 11 is 0. The van der Waals surface area contributed by atoms with Gasteiger partial charge in [0.25, 0.3) is 0 Å². The van der Waals surface area contributed by atoms with Crippen molar-refractivity contribution >= 4 is 0 Å². The van der Waals surface area contributed by atoms with Crippen molar-refractivity contribution in [2.45, 2.75) is 19.4 Å². The van der Waals surface area contributed by atoms with Crippen molar-refractivity contribution in [3.63, 3.8) is 0 Å². The van der Waals surface area contributed by atoms with E-state index in [9.17, 15) is 0 Å². The minimum absolute atomic E-state index is 0.324. The van der Waals surface area contributed by atoms with Crippen LogP contribution in [-0.2, 0) is 24.1 Å². The molecule has 3 aromatic heterocycles. The molecule has 0 saturated heterocycles. The first-order valence-corrected chi connectivity index (χ1v) is 10.5. The third-order valence-electron chi connectivity index (χ3n) is 5.50. The summed E-state index contributed by atoms with van der Waals surface area (Å²) in [7, 11) is 3.22. The van der Waals surface area contributed by atoms with Gasteiger partial charge in [0.15, 0.2) is 0 Å². The zero-order chi connectivity index (χ0) is 21.9. The molecule has 1 aliphatic heterocycles. The van der Waals surface area contributed by atoms with Gasteiger partial charge in [0.1, 0.15) is 11.4 Å². The third-order valence-corrected chi connectivity index (χ3v) is 5.50. The van der Waals surface area contributed by atoms with Crippen LogP contribution in [0.25, 0.3) is 16.9 Å². The van der Waals surface area contributed by atoms with Crippen molar-refractivity contribution in [1.29, 1.82) is 0 Å². The van der Waals surface area contributed by atoms with E-state index >= 15 is 0 Å². The van der Waals surface area contributed by atoms with E-state index in [1.807, 2.05) is 46.0 Å². The van der Waals surface area contributed by atoms with Crippen molar-refractivity contribution in [2.75, 3.05) is 27.4 Å². The van der Waals surface area contributed by atoms with Crippen molar-refractivity contribution in [2.24, 2.45) is 0 Å². The van der Waals surface area contributed by atoms with Gasteiger partial charge in [-0.25, -0.2) is 14.6 Å². The molecule has 0 aliphatic carbocycles. The van der Waals surface area contributed by atoms with E-state index in [-0.39, 0.29) is 0 Å². The Hall–Kier alpha value is -3.72. The normalized spacial score (nSPS) is 13.4. The van der Waals surface area contributed by atoms with Crippen LogP contribution in [0.4, 0.5) is 0 Å². The van der Waals surface area contributed by atoms with Crippen LogP contribution in [0, 0.1) is 0 Å². The number of hydrogen-bond donors (Lipinski definition) is 0. The maximum atomic E-state index is 5.68. The highest BCUT2D eigenvalue weighted by atomic mass is 16.5. The van der Waals surface area contributed by atoms with Crippen LogP contribution in [0.15, 0.2) is 49.1 Å². The number of aromatic nitrogens is 6. The quantitative estimate of drug-likeness (QED) is 0.463. The van der Waals surface area contributed by atoms with Crippen molar-refractivity contribution < 1.29 is 14.2 Å². The maximum Gasteiger partial charge on any atom is 0.316 e. The Morgan fingerprint density at radius 3 is 2.50 bits per heavy atom. The van der Waals surface area contributed by atoms with Crippen LogP contribution in [0.2, 0.25) is 0 Å². The summed E-state index contributed by atoms with van der Waals surface area (Å²) in [6.45, 7) is 2.00. The van der Waals surface area contributed by atoms with Gasteiger partial charge in [-0.2, -0.15) is 10.2 Å². The average molecular weight is 432 g/mol. The highest BCUT2D eigenvalue weighted by Gasteiger charge is 2.23. The summed E-state index contributed by atoms with van der Waals surface area (Å²) in [5, 5.41) is 9.50. The summed E-state index contributed by atoms with van der Waals surface area (Å²) in [5.41, 5.74) is 6.13. The first-order chi connectivity index (χ1) is 15.7. The van der Waals surface area contributed by atoms with E-state index in [1.54, 1.807) is 26.6 Å². The van der Waals surface area contributed by atoms with Crippen molar-refractivity contribution in [3.8, 4) is 28.7 Å². The number of methoxy groups -OCH3 is 2. The smallest absolute Gasteiger partial charge is 0.316 e. The lowest BCUT2D eigenvalue weighted by Crippen LogP contribution is -2.04. The highest BCUT2D eigenvalue weighted by molar-refractivity contribution is 5.66.